The minimum Gasteiger partial charge on any atom is -0.481 e. The number of carbonyl (C=O) groups excluding carboxylic acids is 2. The fourth-order valence-electron chi connectivity index (χ4n) is 2.74. The number of hydrogen-bond acceptors (Lipinski definition) is 4. The van der Waals surface area contributed by atoms with Gasteiger partial charge in [0.15, 0.2) is 0 Å². The Balaban J connectivity index is 1.77. The van der Waals surface area contributed by atoms with E-state index in [0.29, 0.717) is 19.5 Å². The van der Waals surface area contributed by atoms with Crippen LogP contribution in [0.3, 0.4) is 0 Å². The fourth-order valence-corrected chi connectivity index (χ4v) is 3.59. The van der Waals surface area contributed by atoms with Gasteiger partial charge in [-0.2, -0.15) is 0 Å². The molecule has 0 aromatic rings. The van der Waals surface area contributed by atoms with Crippen molar-refractivity contribution in [3.8, 4) is 0 Å². The molecule has 2 amide bonds. The number of rotatable bonds is 5. The van der Waals surface area contributed by atoms with Crippen LogP contribution in [0.1, 0.15) is 32.1 Å². The Kier molecular flexibility index (Phi) is 5.28. The molecule has 20 heavy (non-hydrogen) atoms. The molecule has 2 N–H and O–H groups in total. The van der Waals surface area contributed by atoms with Gasteiger partial charge in [-0.1, -0.05) is 24.6 Å². The second-order valence-corrected chi connectivity index (χ2v) is 6.30. The van der Waals surface area contributed by atoms with Crippen molar-refractivity contribution >= 4 is 28.9 Å². The minimum atomic E-state index is -0.832. The summed E-state index contributed by atoms with van der Waals surface area (Å²) in [6.07, 6.45) is 3.46. The molecule has 2 atom stereocenters. The number of carbonyl (C=O) groups is 3. The molecule has 1 saturated heterocycles. The maximum absolute atomic E-state index is 11.9. The highest BCUT2D eigenvalue weighted by Crippen LogP contribution is 2.24. The zero-order valence-corrected chi connectivity index (χ0v) is 12.2. The molecule has 1 aliphatic heterocycles. The van der Waals surface area contributed by atoms with Crippen molar-refractivity contribution in [3.05, 3.63) is 0 Å². The van der Waals surface area contributed by atoms with Crippen molar-refractivity contribution in [2.45, 2.75) is 38.1 Å². The molecule has 112 valence electrons. The fraction of sp³-hybridized carbons (Fsp3) is 0.769. The number of aliphatic carboxylic acids is 1. The van der Waals surface area contributed by atoms with E-state index in [4.69, 9.17) is 5.11 Å². The Hall–Kier alpha value is -1.24. The highest BCUT2D eigenvalue weighted by atomic mass is 32.2. The standard InChI is InChI=1S/C13H20N2O4S/c16-11(5-6-15-7-8-20-13(15)19)14-10-4-2-1-3-9(10)12(17)18/h9-10H,1-8H2,(H,14,16)(H,17,18). The Morgan fingerprint density at radius 2 is 2.10 bits per heavy atom. The SMILES string of the molecule is O=C(CCN1CCSC1=O)NC1CCCCC1C(=O)O. The molecule has 7 heteroatoms. The average Bonchev–Trinajstić information content (AvgIpc) is 2.82. The van der Waals surface area contributed by atoms with Crippen LogP contribution in [0, 0.1) is 5.92 Å². The first kappa shape index (κ1) is 15.2. The van der Waals surface area contributed by atoms with Crippen molar-refractivity contribution in [2.24, 2.45) is 5.92 Å². The van der Waals surface area contributed by atoms with Crippen LogP contribution in [0.15, 0.2) is 0 Å². The highest BCUT2D eigenvalue weighted by molar-refractivity contribution is 8.13. The van der Waals surface area contributed by atoms with Gasteiger partial charge < -0.3 is 15.3 Å². The monoisotopic (exact) mass is 300 g/mol. The van der Waals surface area contributed by atoms with E-state index in [-0.39, 0.29) is 23.6 Å². The predicted octanol–water partition coefficient (Wildman–Crippen LogP) is 1.30. The molecule has 6 nitrogen and oxygen atoms in total. The molecule has 1 aliphatic carbocycles. The largest absolute Gasteiger partial charge is 0.481 e. The quantitative estimate of drug-likeness (QED) is 0.799. The van der Waals surface area contributed by atoms with E-state index in [2.05, 4.69) is 5.32 Å². The van der Waals surface area contributed by atoms with Gasteiger partial charge >= 0.3 is 5.97 Å². The molecule has 0 aromatic carbocycles. The minimum absolute atomic E-state index is 0.0267. The maximum Gasteiger partial charge on any atom is 0.308 e. The van der Waals surface area contributed by atoms with Crippen molar-refractivity contribution in [3.63, 3.8) is 0 Å². The zero-order valence-electron chi connectivity index (χ0n) is 11.3. The zero-order chi connectivity index (χ0) is 14.5. The molecule has 1 saturated carbocycles. The van der Waals surface area contributed by atoms with E-state index >= 15 is 0 Å². The van der Waals surface area contributed by atoms with Crippen molar-refractivity contribution in [1.29, 1.82) is 0 Å². The van der Waals surface area contributed by atoms with Gasteiger partial charge in [0.25, 0.3) is 5.24 Å². The lowest BCUT2D eigenvalue weighted by Crippen LogP contribution is -2.45. The summed E-state index contributed by atoms with van der Waals surface area (Å²) >= 11 is 1.27. The Bertz CT molecular complexity index is 402. The molecule has 0 radical (unpaired) electrons. The van der Waals surface area contributed by atoms with Gasteiger partial charge in [0.2, 0.25) is 5.91 Å². The van der Waals surface area contributed by atoms with Crippen LogP contribution in [0.5, 0.6) is 0 Å². The number of hydrogen-bond donors (Lipinski definition) is 2. The lowest BCUT2D eigenvalue weighted by atomic mass is 9.84. The summed E-state index contributed by atoms with van der Waals surface area (Å²) in [5, 5.41) is 12.0. The smallest absolute Gasteiger partial charge is 0.308 e. The van der Waals surface area contributed by atoms with E-state index < -0.39 is 11.9 Å². The van der Waals surface area contributed by atoms with Crippen LogP contribution >= 0.6 is 11.8 Å². The third-order valence-electron chi connectivity index (χ3n) is 3.88. The van der Waals surface area contributed by atoms with E-state index in [1.54, 1.807) is 4.90 Å². The van der Waals surface area contributed by atoms with E-state index in [1.807, 2.05) is 0 Å². The van der Waals surface area contributed by atoms with Gasteiger partial charge in [0, 0.05) is 31.3 Å². The molecule has 2 aliphatic rings. The predicted molar refractivity (Wildman–Crippen MR) is 75.6 cm³/mol. The molecular weight excluding hydrogens is 280 g/mol. The van der Waals surface area contributed by atoms with Crippen LogP contribution in [-0.2, 0) is 9.59 Å². The summed E-state index contributed by atoms with van der Waals surface area (Å²) < 4.78 is 0. The van der Waals surface area contributed by atoms with Crippen LogP contribution in [-0.4, -0.2) is 52.0 Å². The Morgan fingerprint density at radius 1 is 1.35 bits per heavy atom. The molecule has 0 bridgehead atoms. The van der Waals surface area contributed by atoms with Crippen molar-refractivity contribution < 1.29 is 19.5 Å². The van der Waals surface area contributed by atoms with Gasteiger partial charge in [0.1, 0.15) is 0 Å². The number of nitrogens with one attached hydrogen (secondary N) is 1. The third-order valence-corrected chi connectivity index (χ3v) is 4.78. The summed E-state index contributed by atoms with van der Waals surface area (Å²) in [5.74, 6) is -0.685. The van der Waals surface area contributed by atoms with Crippen LogP contribution in [0.25, 0.3) is 0 Å². The first-order valence-electron chi connectivity index (χ1n) is 7.02. The van der Waals surface area contributed by atoms with Crippen LogP contribution in [0.2, 0.25) is 0 Å². The number of amides is 2. The van der Waals surface area contributed by atoms with Crippen molar-refractivity contribution in [1.82, 2.24) is 10.2 Å². The first-order chi connectivity index (χ1) is 9.58. The number of thioether (sulfide) groups is 1. The Labute approximate surface area is 122 Å². The molecule has 2 unspecified atom stereocenters. The molecule has 2 fully saturated rings. The second kappa shape index (κ2) is 6.97. The first-order valence-corrected chi connectivity index (χ1v) is 8.00. The molecule has 2 rings (SSSR count). The van der Waals surface area contributed by atoms with Crippen LogP contribution < -0.4 is 5.32 Å². The van der Waals surface area contributed by atoms with Gasteiger partial charge in [-0.05, 0) is 12.8 Å². The van der Waals surface area contributed by atoms with Gasteiger partial charge in [0.05, 0.1) is 5.92 Å². The molecule has 0 spiro atoms. The molecular formula is C13H20N2O4S. The van der Waals surface area contributed by atoms with E-state index in [0.717, 1.165) is 25.0 Å². The number of carboxylic acid groups (broad SMARTS) is 1. The Morgan fingerprint density at radius 3 is 2.75 bits per heavy atom. The van der Waals surface area contributed by atoms with E-state index in [9.17, 15) is 14.4 Å². The van der Waals surface area contributed by atoms with E-state index in [1.165, 1.54) is 11.8 Å². The maximum atomic E-state index is 11.9. The highest BCUT2D eigenvalue weighted by Gasteiger charge is 2.32. The summed E-state index contributed by atoms with van der Waals surface area (Å²) in [6, 6.07) is -0.266. The number of carboxylic acids is 1. The summed E-state index contributed by atoms with van der Waals surface area (Å²) in [6.45, 7) is 1.11. The summed E-state index contributed by atoms with van der Waals surface area (Å²) in [4.78, 5) is 36.1. The molecule has 1 heterocycles. The molecule has 0 aromatic heterocycles. The third kappa shape index (κ3) is 3.88. The lowest BCUT2D eigenvalue weighted by molar-refractivity contribution is -0.144. The van der Waals surface area contributed by atoms with Gasteiger partial charge in [-0.15, -0.1) is 0 Å². The summed E-state index contributed by atoms with van der Waals surface area (Å²) in [5.41, 5.74) is 0. The summed E-state index contributed by atoms with van der Waals surface area (Å²) in [7, 11) is 0. The van der Waals surface area contributed by atoms with Crippen molar-refractivity contribution in [2.75, 3.05) is 18.8 Å². The average molecular weight is 300 g/mol. The number of nitrogens with zero attached hydrogens (tertiary/aromatic N) is 1. The normalized spacial score (nSPS) is 26.6. The van der Waals surface area contributed by atoms with Gasteiger partial charge in [-0.25, -0.2) is 0 Å². The topological polar surface area (TPSA) is 86.7 Å². The van der Waals surface area contributed by atoms with Crippen LogP contribution in [0.4, 0.5) is 4.79 Å². The second-order valence-electron chi connectivity index (χ2n) is 5.25. The lowest BCUT2D eigenvalue weighted by Gasteiger charge is -2.29. The van der Waals surface area contributed by atoms with Gasteiger partial charge in [-0.3, -0.25) is 14.4 Å².